The van der Waals surface area contributed by atoms with Gasteiger partial charge in [-0.25, -0.2) is 0 Å². The summed E-state index contributed by atoms with van der Waals surface area (Å²) in [6.07, 6.45) is 3.07. The molecule has 1 aromatic carbocycles. The number of nitrogen functional groups attached to an aromatic ring is 1. The maximum Gasteiger partial charge on any atom is 0.0325 e. The molecule has 0 aliphatic rings. The summed E-state index contributed by atoms with van der Waals surface area (Å²) >= 11 is 0. The molecule has 4 heteroatoms. The van der Waals surface area contributed by atoms with Gasteiger partial charge >= 0.3 is 0 Å². The molecule has 0 amide bonds. The summed E-state index contributed by atoms with van der Waals surface area (Å²) in [6.45, 7) is 0. The molecule has 0 atom stereocenters. The quantitative estimate of drug-likeness (QED) is 0.630. The van der Waals surface area contributed by atoms with Gasteiger partial charge in [0.15, 0.2) is 0 Å². The van der Waals surface area contributed by atoms with E-state index >= 15 is 0 Å². The molecule has 0 saturated carbocycles. The largest absolute Gasteiger partial charge is 0.399 e. The molecule has 0 aliphatic heterocycles. The van der Waals surface area contributed by atoms with E-state index in [0.29, 0.717) is 10.6 Å². The molecule has 0 bridgehead atoms. The highest BCUT2D eigenvalue weighted by molar-refractivity contribution is 8.16. The third-order valence-electron chi connectivity index (χ3n) is 1.56. The Morgan fingerprint density at radius 1 is 1.33 bits per heavy atom. The van der Waals surface area contributed by atoms with Gasteiger partial charge in [0.1, 0.15) is 0 Å². The van der Waals surface area contributed by atoms with Gasteiger partial charge < -0.3 is 5.73 Å². The standard InChI is InChI=1S/C8H14N2OS/c1-12(2,10,11)8-5-3-4-7(9)6-8/h3-6H,9H2,1-2H3,(H2,10,11). The second kappa shape index (κ2) is 2.31. The number of hydrogen-bond donors (Lipinski definition) is 2. The van der Waals surface area contributed by atoms with E-state index in [0.717, 1.165) is 0 Å². The lowest BCUT2D eigenvalue weighted by Gasteiger charge is -2.29. The third-order valence-corrected chi connectivity index (χ3v) is 3.22. The maximum absolute atomic E-state index is 11.9. The topological polar surface area (TPSA) is 69.1 Å². The average Bonchev–Trinajstić information content (AvgIpc) is 1.84. The number of benzene rings is 1. The number of nitrogens with two attached hydrogens (primary N) is 2. The van der Waals surface area contributed by atoms with Crippen LogP contribution < -0.4 is 10.9 Å². The molecule has 1 rings (SSSR count). The number of anilines is 1. The molecule has 0 radical (unpaired) electrons. The summed E-state index contributed by atoms with van der Waals surface area (Å²) in [5.74, 6) is 0. The lowest BCUT2D eigenvalue weighted by Crippen LogP contribution is -2.39. The predicted molar refractivity (Wildman–Crippen MR) is 53.3 cm³/mol. The SMILES string of the molecule is CS(C)(N)(=O)c1cccc(N)c1. The molecule has 0 fully saturated rings. The van der Waals surface area contributed by atoms with Crippen LogP contribution in [0.15, 0.2) is 29.2 Å². The Morgan fingerprint density at radius 2 is 1.92 bits per heavy atom. The van der Waals surface area contributed by atoms with Gasteiger partial charge in [-0.15, -0.1) is 0 Å². The fourth-order valence-corrected chi connectivity index (χ4v) is 1.87. The van der Waals surface area contributed by atoms with E-state index in [1.807, 2.05) is 0 Å². The van der Waals surface area contributed by atoms with Crippen molar-refractivity contribution in [1.82, 2.24) is 0 Å². The van der Waals surface area contributed by atoms with E-state index in [1.54, 1.807) is 24.3 Å². The van der Waals surface area contributed by atoms with E-state index < -0.39 is 9.25 Å². The molecule has 0 aromatic heterocycles. The Bertz CT molecular complexity index is 356. The van der Waals surface area contributed by atoms with Crippen LogP contribution in [-0.4, -0.2) is 16.7 Å². The Labute approximate surface area is 72.3 Å². The first-order valence-corrected chi connectivity index (χ1v) is 6.38. The molecule has 3 nitrogen and oxygen atoms in total. The van der Waals surface area contributed by atoms with Crippen molar-refractivity contribution in [3.8, 4) is 0 Å². The Balaban J connectivity index is 3.32. The van der Waals surface area contributed by atoms with Gasteiger partial charge in [0.05, 0.1) is 0 Å². The molecule has 4 N–H and O–H groups in total. The lowest BCUT2D eigenvalue weighted by molar-refractivity contribution is 0.665. The van der Waals surface area contributed by atoms with Gasteiger partial charge in [0, 0.05) is 23.1 Å². The van der Waals surface area contributed by atoms with E-state index in [9.17, 15) is 4.21 Å². The smallest absolute Gasteiger partial charge is 0.0325 e. The zero-order chi connectivity index (χ0) is 9.43. The van der Waals surface area contributed by atoms with Crippen LogP contribution in [0.2, 0.25) is 0 Å². The molecule has 0 unspecified atom stereocenters. The number of hydrogen-bond acceptors (Lipinski definition) is 2. The van der Waals surface area contributed by atoms with Gasteiger partial charge in [0.2, 0.25) is 0 Å². The van der Waals surface area contributed by atoms with Crippen LogP contribution in [0.5, 0.6) is 0 Å². The van der Waals surface area contributed by atoms with E-state index in [1.165, 1.54) is 12.5 Å². The van der Waals surface area contributed by atoms with Crippen LogP contribution in [0.25, 0.3) is 0 Å². The van der Waals surface area contributed by atoms with Crippen LogP contribution in [0, 0.1) is 0 Å². The summed E-state index contributed by atoms with van der Waals surface area (Å²) in [7, 11) is -3.12. The van der Waals surface area contributed by atoms with Gasteiger partial charge in [-0.3, -0.25) is 9.35 Å². The van der Waals surface area contributed by atoms with Gasteiger partial charge in [-0.2, -0.15) is 0 Å². The minimum absolute atomic E-state index is 0.584. The third kappa shape index (κ3) is 2.06. The number of rotatable bonds is 1. The molecule has 12 heavy (non-hydrogen) atoms. The fourth-order valence-electron chi connectivity index (χ4n) is 0.894. The Morgan fingerprint density at radius 3 is 2.25 bits per heavy atom. The predicted octanol–water partition coefficient (Wildman–Crippen LogP) is 0.581. The van der Waals surface area contributed by atoms with E-state index in [-0.39, 0.29) is 0 Å². The van der Waals surface area contributed by atoms with Crippen molar-refractivity contribution < 1.29 is 4.21 Å². The molecule has 0 heterocycles. The fraction of sp³-hybridized carbons (Fsp3) is 0.250. The monoisotopic (exact) mass is 186 g/mol. The first-order valence-electron chi connectivity index (χ1n) is 3.53. The van der Waals surface area contributed by atoms with Crippen LogP contribution in [0.4, 0.5) is 5.69 Å². The molecule has 0 spiro atoms. The summed E-state index contributed by atoms with van der Waals surface area (Å²) in [4.78, 5) is 0.604. The molecule has 0 saturated heterocycles. The van der Waals surface area contributed by atoms with Crippen molar-refractivity contribution >= 4 is 14.9 Å². The normalized spacial score (nSPS) is 15.1. The summed E-state index contributed by atoms with van der Waals surface area (Å²) in [5, 5.41) is 5.67. The summed E-state index contributed by atoms with van der Waals surface area (Å²) in [6, 6.07) is 6.86. The molecular weight excluding hydrogens is 172 g/mol. The van der Waals surface area contributed by atoms with E-state index in [2.05, 4.69) is 0 Å². The van der Waals surface area contributed by atoms with Gasteiger partial charge in [-0.05, 0) is 27.5 Å². The Kier molecular flexibility index (Phi) is 1.77. The van der Waals surface area contributed by atoms with Crippen LogP contribution in [0.3, 0.4) is 0 Å². The van der Waals surface area contributed by atoms with E-state index in [4.69, 9.17) is 10.9 Å². The average molecular weight is 186 g/mol. The lowest BCUT2D eigenvalue weighted by atomic mass is 10.3. The van der Waals surface area contributed by atoms with Crippen LogP contribution in [-0.2, 0) is 9.25 Å². The first kappa shape index (κ1) is 9.22. The zero-order valence-corrected chi connectivity index (χ0v) is 8.10. The Hall–Kier alpha value is -0.870. The summed E-state index contributed by atoms with van der Waals surface area (Å²) < 4.78 is 11.9. The minimum Gasteiger partial charge on any atom is -0.399 e. The highest BCUT2D eigenvalue weighted by atomic mass is 32.3. The van der Waals surface area contributed by atoms with Crippen molar-refractivity contribution in [1.29, 1.82) is 0 Å². The minimum atomic E-state index is -3.12. The van der Waals surface area contributed by atoms with Crippen molar-refractivity contribution in [3.05, 3.63) is 24.3 Å². The second-order valence-electron chi connectivity index (χ2n) is 3.49. The zero-order valence-electron chi connectivity index (χ0n) is 7.28. The highest BCUT2D eigenvalue weighted by Gasteiger charge is 2.20. The summed E-state index contributed by atoms with van der Waals surface area (Å²) in [5.41, 5.74) is 6.12. The molecule has 0 aliphatic carbocycles. The molecular formula is C8H14N2OS. The second-order valence-corrected chi connectivity index (χ2v) is 7.80. The van der Waals surface area contributed by atoms with Gasteiger partial charge in [-0.1, -0.05) is 6.07 Å². The van der Waals surface area contributed by atoms with Crippen molar-refractivity contribution in [2.75, 3.05) is 18.2 Å². The first-order chi connectivity index (χ1) is 5.26. The van der Waals surface area contributed by atoms with Gasteiger partial charge in [0.25, 0.3) is 0 Å². The van der Waals surface area contributed by atoms with Crippen LogP contribution >= 0.6 is 0 Å². The highest BCUT2D eigenvalue weighted by Crippen LogP contribution is 2.23. The van der Waals surface area contributed by atoms with Crippen molar-refractivity contribution in [2.24, 2.45) is 5.14 Å². The molecule has 68 valence electrons. The maximum atomic E-state index is 11.9. The van der Waals surface area contributed by atoms with Crippen molar-refractivity contribution in [2.45, 2.75) is 4.90 Å². The van der Waals surface area contributed by atoms with Crippen LogP contribution in [0.1, 0.15) is 0 Å². The van der Waals surface area contributed by atoms with Crippen molar-refractivity contribution in [3.63, 3.8) is 0 Å². The molecule has 1 aromatic rings.